The maximum Gasteiger partial charge on any atom is 0.512 e. The van der Waals surface area contributed by atoms with Crippen LogP contribution < -0.4 is 14.2 Å². The molecule has 9 heteroatoms. The molecule has 0 amide bonds. The highest BCUT2D eigenvalue weighted by molar-refractivity contribution is 7.00. The van der Waals surface area contributed by atoms with Crippen LogP contribution in [0, 0.1) is 0 Å². The van der Waals surface area contributed by atoms with Crippen molar-refractivity contribution in [2.75, 3.05) is 13.2 Å². The summed E-state index contributed by atoms with van der Waals surface area (Å²) in [4.78, 5) is 11.8. The molecular formula is C26H21N3O5S. The Labute approximate surface area is 204 Å². The number of benzene rings is 3. The molecular weight excluding hydrogens is 466 g/mol. The van der Waals surface area contributed by atoms with Crippen LogP contribution in [-0.4, -0.2) is 37.8 Å². The molecule has 3 heterocycles. The van der Waals surface area contributed by atoms with E-state index in [-0.39, 0.29) is 5.88 Å². The van der Waals surface area contributed by atoms with Gasteiger partial charge in [-0.3, -0.25) is 0 Å². The molecule has 0 atom stereocenters. The molecule has 2 aromatic heterocycles. The van der Waals surface area contributed by atoms with Crippen molar-refractivity contribution < 1.29 is 24.1 Å². The molecule has 0 radical (unpaired) electrons. The number of fused-ring (bicyclic) bond motifs is 3. The van der Waals surface area contributed by atoms with Gasteiger partial charge >= 0.3 is 6.16 Å². The van der Waals surface area contributed by atoms with Gasteiger partial charge < -0.3 is 23.9 Å². The van der Waals surface area contributed by atoms with Crippen LogP contribution in [0.5, 0.6) is 17.4 Å². The standard InChI is InChI=1S/C26H21N3O5S/c1-2-32-18-5-7-22-19(13-18)24(17-4-8-23-16(12-17)9-10-33-23)25(34-26(30)31)29(22)14-15-3-6-20-21(11-15)28-35-27-20/h3-8,11-13H,2,9-10,14H2,1H3,(H,30,31). The summed E-state index contributed by atoms with van der Waals surface area (Å²) in [6.07, 6.45) is -0.563. The lowest BCUT2D eigenvalue weighted by molar-refractivity contribution is 0.141. The fourth-order valence-corrected chi connectivity index (χ4v) is 5.16. The first-order valence-electron chi connectivity index (χ1n) is 11.3. The first-order valence-corrected chi connectivity index (χ1v) is 12.0. The Bertz CT molecular complexity index is 1590. The second kappa shape index (κ2) is 8.59. The van der Waals surface area contributed by atoms with Crippen molar-refractivity contribution in [3.05, 3.63) is 65.7 Å². The average molecular weight is 488 g/mol. The van der Waals surface area contributed by atoms with Crippen molar-refractivity contribution in [2.45, 2.75) is 19.9 Å². The second-order valence-electron chi connectivity index (χ2n) is 8.25. The van der Waals surface area contributed by atoms with Gasteiger partial charge in [0.05, 0.1) is 42.6 Å². The third-order valence-corrected chi connectivity index (χ3v) is 6.68. The van der Waals surface area contributed by atoms with E-state index in [1.54, 1.807) is 0 Å². The Kier molecular flexibility index (Phi) is 5.26. The van der Waals surface area contributed by atoms with Crippen LogP contribution in [0.3, 0.4) is 0 Å². The van der Waals surface area contributed by atoms with Gasteiger partial charge in [-0.15, -0.1) is 0 Å². The second-order valence-corrected chi connectivity index (χ2v) is 8.78. The van der Waals surface area contributed by atoms with E-state index in [0.29, 0.717) is 31.1 Å². The highest BCUT2D eigenvalue weighted by atomic mass is 32.1. The first kappa shape index (κ1) is 21.4. The zero-order chi connectivity index (χ0) is 23.9. The third-order valence-electron chi connectivity index (χ3n) is 6.12. The summed E-state index contributed by atoms with van der Waals surface area (Å²) >= 11 is 1.17. The van der Waals surface area contributed by atoms with Gasteiger partial charge in [0, 0.05) is 11.8 Å². The number of hydrogen-bond acceptors (Lipinski definition) is 7. The van der Waals surface area contributed by atoms with E-state index >= 15 is 0 Å². The maximum atomic E-state index is 11.8. The molecule has 5 aromatic rings. The molecule has 35 heavy (non-hydrogen) atoms. The zero-order valence-electron chi connectivity index (χ0n) is 18.9. The Morgan fingerprint density at radius 2 is 2.00 bits per heavy atom. The normalized spacial score (nSPS) is 12.6. The van der Waals surface area contributed by atoms with Crippen molar-refractivity contribution in [2.24, 2.45) is 0 Å². The summed E-state index contributed by atoms with van der Waals surface area (Å²) in [5.41, 5.74) is 6.10. The summed E-state index contributed by atoms with van der Waals surface area (Å²) < 4.78 is 27.4. The van der Waals surface area contributed by atoms with Crippen molar-refractivity contribution >= 4 is 39.8 Å². The Morgan fingerprint density at radius 1 is 1.11 bits per heavy atom. The van der Waals surface area contributed by atoms with E-state index in [0.717, 1.165) is 50.8 Å². The lowest BCUT2D eigenvalue weighted by Gasteiger charge is -2.11. The van der Waals surface area contributed by atoms with Gasteiger partial charge in [0.15, 0.2) is 0 Å². The van der Waals surface area contributed by atoms with Gasteiger partial charge in [-0.1, -0.05) is 12.1 Å². The number of ether oxygens (including phenoxy) is 3. The van der Waals surface area contributed by atoms with Crippen LogP contribution in [0.4, 0.5) is 4.79 Å². The molecule has 176 valence electrons. The summed E-state index contributed by atoms with van der Waals surface area (Å²) in [6.45, 7) is 3.49. The fraction of sp³-hybridized carbons (Fsp3) is 0.192. The number of carboxylic acid groups (broad SMARTS) is 1. The zero-order valence-corrected chi connectivity index (χ0v) is 19.7. The maximum absolute atomic E-state index is 11.8. The van der Waals surface area contributed by atoms with E-state index in [4.69, 9.17) is 14.2 Å². The summed E-state index contributed by atoms with van der Waals surface area (Å²) in [5.74, 6) is 1.83. The minimum absolute atomic E-state index is 0.261. The lowest BCUT2D eigenvalue weighted by atomic mass is 10.0. The lowest BCUT2D eigenvalue weighted by Crippen LogP contribution is -2.10. The molecule has 8 nitrogen and oxygen atoms in total. The summed E-state index contributed by atoms with van der Waals surface area (Å²) in [5, 5.41) is 10.5. The van der Waals surface area contributed by atoms with E-state index < -0.39 is 6.16 Å². The Morgan fingerprint density at radius 3 is 2.86 bits per heavy atom. The molecule has 0 fully saturated rings. The number of aromatic nitrogens is 3. The van der Waals surface area contributed by atoms with Crippen LogP contribution in [0.1, 0.15) is 18.1 Å². The van der Waals surface area contributed by atoms with E-state index in [1.165, 1.54) is 11.7 Å². The molecule has 3 aromatic carbocycles. The quantitative estimate of drug-likeness (QED) is 0.305. The van der Waals surface area contributed by atoms with Crippen molar-refractivity contribution in [3.63, 3.8) is 0 Å². The van der Waals surface area contributed by atoms with Gasteiger partial charge in [-0.2, -0.15) is 8.75 Å². The van der Waals surface area contributed by atoms with E-state index in [9.17, 15) is 9.90 Å². The van der Waals surface area contributed by atoms with Crippen molar-refractivity contribution in [1.29, 1.82) is 0 Å². The van der Waals surface area contributed by atoms with Crippen LogP contribution in [0.2, 0.25) is 0 Å². The highest BCUT2D eigenvalue weighted by Gasteiger charge is 2.25. The van der Waals surface area contributed by atoms with E-state index in [1.807, 2.05) is 60.0 Å². The average Bonchev–Trinajstić information content (AvgIpc) is 3.56. The molecule has 0 bridgehead atoms. The molecule has 1 aliphatic heterocycles. The van der Waals surface area contributed by atoms with Crippen LogP contribution in [0.15, 0.2) is 54.6 Å². The minimum atomic E-state index is -1.37. The van der Waals surface area contributed by atoms with Crippen LogP contribution in [0.25, 0.3) is 33.1 Å². The largest absolute Gasteiger partial charge is 0.512 e. The number of rotatable bonds is 6. The van der Waals surface area contributed by atoms with E-state index in [2.05, 4.69) is 14.8 Å². The fourth-order valence-electron chi connectivity index (χ4n) is 4.64. The third kappa shape index (κ3) is 3.83. The molecule has 0 saturated heterocycles. The van der Waals surface area contributed by atoms with Crippen LogP contribution in [-0.2, 0) is 13.0 Å². The predicted octanol–water partition coefficient (Wildman–Crippen LogP) is 5.75. The number of nitrogens with zero attached hydrogens (tertiary/aromatic N) is 3. The topological polar surface area (TPSA) is 95.7 Å². The molecule has 6 rings (SSSR count). The number of hydrogen-bond donors (Lipinski definition) is 1. The predicted molar refractivity (Wildman–Crippen MR) is 133 cm³/mol. The van der Waals surface area contributed by atoms with Crippen molar-refractivity contribution in [3.8, 4) is 28.5 Å². The van der Waals surface area contributed by atoms with Gasteiger partial charge in [-0.05, 0) is 66.1 Å². The van der Waals surface area contributed by atoms with Gasteiger partial charge in [0.1, 0.15) is 22.5 Å². The van der Waals surface area contributed by atoms with Crippen LogP contribution >= 0.6 is 11.7 Å². The molecule has 0 spiro atoms. The summed E-state index contributed by atoms with van der Waals surface area (Å²) in [7, 11) is 0. The summed E-state index contributed by atoms with van der Waals surface area (Å²) in [6, 6.07) is 17.6. The first-order chi connectivity index (χ1) is 17.1. The number of carbonyl (C=O) groups is 1. The highest BCUT2D eigenvalue weighted by Crippen LogP contribution is 2.44. The minimum Gasteiger partial charge on any atom is -0.494 e. The smallest absolute Gasteiger partial charge is 0.494 e. The molecule has 1 N–H and O–H groups in total. The van der Waals surface area contributed by atoms with Gasteiger partial charge in [0.25, 0.3) is 0 Å². The Hall–Kier alpha value is -4.11. The van der Waals surface area contributed by atoms with Gasteiger partial charge in [0.2, 0.25) is 5.88 Å². The molecule has 0 saturated carbocycles. The molecule has 1 aliphatic rings. The molecule has 0 aliphatic carbocycles. The Balaban J connectivity index is 1.58. The SMILES string of the molecule is CCOc1ccc2c(c1)c(-c1ccc3c(c1)CCO3)c(OC(=O)O)n2Cc1ccc2nsnc2c1. The van der Waals surface area contributed by atoms with Crippen molar-refractivity contribution in [1.82, 2.24) is 13.3 Å². The molecule has 0 unspecified atom stereocenters. The van der Waals surface area contributed by atoms with Gasteiger partial charge in [-0.25, -0.2) is 4.79 Å². The monoisotopic (exact) mass is 487 g/mol.